The lowest BCUT2D eigenvalue weighted by atomic mass is 9.90. The number of para-hydroxylation sites is 2. The van der Waals surface area contributed by atoms with E-state index in [0.29, 0.717) is 11.4 Å². The van der Waals surface area contributed by atoms with Crippen LogP contribution in [0.25, 0.3) is 0 Å². The van der Waals surface area contributed by atoms with Crippen molar-refractivity contribution in [2.24, 2.45) is 5.92 Å². The van der Waals surface area contributed by atoms with Crippen molar-refractivity contribution in [2.45, 2.75) is 12.1 Å². The van der Waals surface area contributed by atoms with Crippen molar-refractivity contribution in [2.75, 3.05) is 9.96 Å². The van der Waals surface area contributed by atoms with Gasteiger partial charge in [-0.05, 0) is 36.4 Å². The van der Waals surface area contributed by atoms with Gasteiger partial charge >= 0.3 is 0 Å². The first-order chi connectivity index (χ1) is 14.6. The van der Waals surface area contributed by atoms with Crippen LogP contribution >= 0.6 is 11.6 Å². The third-order valence-electron chi connectivity index (χ3n) is 5.44. The number of hydrogen-bond donors (Lipinski definition) is 0. The highest BCUT2D eigenvalue weighted by Crippen LogP contribution is 2.49. The molecule has 150 valence electrons. The highest BCUT2D eigenvalue weighted by molar-refractivity contribution is 6.31. The van der Waals surface area contributed by atoms with Crippen LogP contribution in [-0.2, 0) is 14.4 Å². The molecule has 0 unspecified atom stereocenters. The zero-order valence-corrected chi connectivity index (χ0v) is 16.4. The van der Waals surface area contributed by atoms with E-state index in [0.717, 1.165) is 4.90 Å². The van der Waals surface area contributed by atoms with Gasteiger partial charge in [0.1, 0.15) is 17.8 Å². The van der Waals surface area contributed by atoms with Gasteiger partial charge in [-0.3, -0.25) is 14.4 Å². The molecule has 7 heteroatoms. The average Bonchev–Trinajstić information content (AvgIpc) is 3.26. The summed E-state index contributed by atoms with van der Waals surface area (Å²) in [6, 6.07) is 21.1. The Labute approximate surface area is 177 Å². The third kappa shape index (κ3) is 2.80. The molecule has 2 heterocycles. The number of anilines is 2. The molecule has 3 aromatic carbocycles. The molecule has 0 N–H and O–H groups in total. The fourth-order valence-electron chi connectivity index (χ4n) is 4.13. The Morgan fingerprint density at radius 2 is 1.43 bits per heavy atom. The summed E-state index contributed by atoms with van der Waals surface area (Å²) in [6.07, 6.45) is -1.07. The summed E-state index contributed by atoms with van der Waals surface area (Å²) in [5.74, 6) is -2.42. The van der Waals surface area contributed by atoms with Crippen molar-refractivity contribution in [3.05, 3.63) is 95.3 Å². The minimum atomic E-state index is -1.07. The maximum absolute atomic E-state index is 14.9. The summed E-state index contributed by atoms with van der Waals surface area (Å²) in [5, 5.41) is 1.60. The number of carbonyl (C=O) groups excluding carboxylic acids is 2. The van der Waals surface area contributed by atoms with Crippen LogP contribution in [0.4, 0.5) is 15.8 Å². The Kier molecular flexibility index (Phi) is 4.53. The van der Waals surface area contributed by atoms with E-state index in [1.807, 2.05) is 6.07 Å². The maximum Gasteiger partial charge on any atom is 0.266 e. The third-order valence-corrected chi connectivity index (χ3v) is 5.77. The number of amides is 2. The number of nitrogens with zero attached hydrogens (tertiary/aromatic N) is 2. The molecule has 0 aromatic heterocycles. The number of fused-ring (bicyclic) bond motifs is 1. The first-order valence-corrected chi connectivity index (χ1v) is 9.83. The summed E-state index contributed by atoms with van der Waals surface area (Å²) in [5.41, 5.74) is 1.19. The van der Waals surface area contributed by atoms with Crippen LogP contribution in [0.1, 0.15) is 11.6 Å². The van der Waals surface area contributed by atoms with Crippen molar-refractivity contribution in [3.63, 3.8) is 0 Å². The van der Waals surface area contributed by atoms with Crippen molar-refractivity contribution in [3.8, 4) is 0 Å². The van der Waals surface area contributed by atoms with Crippen LogP contribution in [0.5, 0.6) is 0 Å². The summed E-state index contributed by atoms with van der Waals surface area (Å²) < 4.78 is 14.9. The van der Waals surface area contributed by atoms with Crippen molar-refractivity contribution < 1.29 is 18.8 Å². The van der Waals surface area contributed by atoms with Gasteiger partial charge in [-0.2, -0.15) is 0 Å². The fraction of sp³-hybridized carbons (Fsp3) is 0.130. The lowest BCUT2D eigenvalue weighted by Crippen LogP contribution is -2.37. The smallest absolute Gasteiger partial charge is 0.266 e. The van der Waals surface area contributed by atoms with Crippen LogP contribution in [0, 0.1) is 11.7 Å². The van der Waals surface area contributed by atoms with Gasteiger partial charge in [-0.1, -0.05) is 54.1 Å². The van der Waals surface area contributed by atoms with Crippen molar-refractivity contribution >= 4 is 34.8 Å². The van der Waals surface area contributed by atoms with E-state index < -0.39 is 35.7 Å². The standard InChI is InChI=1S/C23H16ClFN2O3/c24-16-12-7-13-17(25)18(16)20-19-21(30-27(20)15-10-5-2-6-11-15)23(29)26(22(19)28)14-8-3-1-4-9-14/h1-13,19-21H/t19-,20-,21-/m1/s1. The predicted octanol–water partition coefficient (Wildman–Crippen LogP) is 4.53. The minimum absolute atomic E-state index is 0.131. The highest BCUT2D eigenvalue weighted by atomic mass is 35.5. The van der Waals surface area contributed by atoms with Crippen LogP contribution in [0.2, 0.25) is 5.02 Å². The van der Waals surface area contributed by atoms with Crippen molar-refractivity contribution in [1.29, 1.82) is 0 Å². The molecule has 2 aliphatic heterocycles. The van der Waals surface area contributed by atoms with Crippen LogP contribution in [0.15, 0.2) is 78.9 Å². The minimum Gasteiger partial charge on any atom is -0.273 e. The van der Waals surface area contributed by atoms with Gasteiger partial charge < -0.3 is 0 Å². The fourth-order valence-corrected chi connectivity index (χ4v) is 4.41. The average molecular weight is 423 g/mol. The lowest BCUT2D eigenvalue weighted by Gasteiger charge is -2.29. The van der Waals surface area contributed by atoms with Gasteiger partial charge in [0.2, 0.25) is 5.91 Å². The molecule has 0 radical (unpaired) electrons. The first kappa shape index (κ1) is 18.8. The topological polar surface area (TPSA) is 49.9 Å². The molecule has 30 heavy (non-hydrogen) atoms. The van der Waals surface area contributed by atoms with E-state index in [4.69, 9.17) is 16.4 Å². The van der Waals surface area contributed by atoms with Crippen LogP contribution in [0.3, 0.4) is 0 Å². The molecule has 3 atom stereocenters. The molecule has 2 fully saturated rings. The Morgan fingerprint density at radius 1 is 0.800 bits per heavy atom. The molecule has 2 saturated heterocycles. The monoisotopic (exact) mass is 422 g/mol. The van der Waals surface area contributed by atoms with E-state index in [-0.39, 0.29) is 10.6 Å². The van der Waals surface area contributed by atoms with Crippen molar-refractivity contribution in [1.82, 2.24) is 0 Å². The summed E-state index contributed by atoms with van der Waals surface area (Å²) >= 11 is 6.36. The SMILES string of the molecule is O=C1[C@@H]2[C@@H](c3c(F)cccc3Cl)N(c3ccccc3)O[C@H]2C(=O)N1c1ccccc1. The molecule has 2 aliphatic rings. The molecule has 2 amide bonds. The number of carbonyl (C=O) groups is 2. The molecule has 5 nitrogen and oxygen atoms in total. The zero-order valence-electron chi connectivity index (χ0n) is 15.6. The second-order valence-corrected chi connectivity index (χ2v) is 7.55. The Balaban J connectivity index is 1.64. The predicted molar refractivity (Wildman–Crippen MR) is 110 cm³/mol. The number of hydroxylamine groups is 1. The molecule has 0 spiro atoms. The molecule has 3 aromatic rings. The molecule has 0 aliphatic carbocycles. The molecular weight excluding hydrogens is 407 g/mol. The number of hydrogen-bond acceptors (Lipinski definition) is 4. The van der Waals surface area contributed by atoms with Crippen LogP contribution < -0.4 is 9.96 Å². The Hall–Kier alpha value is -3.22. The summed E-state index contributed by atoms with van der Waals surface area (Å²) in [6.45, 7) is 0. The second-order valence-electron chi connectivity index (χ2n) is 7.14. The first-order valence-electron chi connectivity index (χ1n) is 9.46. The number of benzene rings is 3. The van der Waals surface area contributed by atoms with E-state index in [1.54, 1.807) is 60.7 Å². The normalized spacial score (nSPS) is 23.2. The second kappa shape index (κ2) is 7.23. The Bertz CT molecular complexity index is 1110. The zero-order chi connectivity index (χ0) is 20.8. The van der Waals surface area contributed by atoms with E-state index in [2.05, 4.69) is 0 Å². The van der Waals surface area contributed by atoms with Gasteiger partial charge in [-0.25, -0.2) is 14.4 Å². The number of halogens is 2. The molecule has 0 saturated carbocycles. The van der Waals surface area contributed by atoms with E-state index in [9.17, 15) is 14.0 Å². The molecular formula is C23H16ClFN2O3. The van der Waals surface area contributed by atoms with Crippen LogP contribution in [-0.4, -0.2) is 17.9 Å². The number of rotatable bonds is 3. The largest absolute Gasteiger partial charge is 0.273 e. The van der Waals surface area contributed by atoms with Gasteiger partial charge in [-0.15, -0.1) is 0 Å². The van der Waals surface area contributed by atoms with E-state index in [1.165, 1.54) is 17.2 Å². The number of imide groups is 1. The van der Waals surface area contributed by atoms with Gasteiger partial charge in [0, 0.05) is 10.6 Å². The maximum atomic E-state index is 14.9. The highest BCUT2D eigenvalue weighted by Gasteiger charge is 2.61. The Morgan fingerprint density at radius 3 is 2.07 bits per heavy atom. The van der Waals surface area contributed by atoms with Gasteiger partial charge in [0.05, 0.1) is 11.4 Å². The molecule has 5 rings (SSSR count). The summed E-state index contributed by atoms with van der Waals surface area (Å²) in [7, 11) is 0. The molecule has 0 bridgehead atoms. The van der Waals surface area contributed by atoms with Gasteiger partial charge in [0.15, 0.2) is 6.10 Å². The quantitative estimate of drug-likeness (QED) is 0.582. The van der Waals surface area contributed by atoms with Gasteiger partial charge in [0.25, 0.3) is 5.91 Å². The summed E-state index contributed by atoms with van der Waals surface area (Å²) in [4.78, 5) is 33.7. The van der Waals surface area contributed by atoms with E-state index >= 15 is 0 Å². The lowest BCUT2D eigenvalue weighted by molar-refractivity contribution is -0.126.